The van der Waals surface area contributed by atoms with Gasteiger partial charge in [-0.2, -0.15) is 0 Å². The summed E-state index contributed by atoms with van der Waals surface area (Å²) in [6, 6.07) is 16.9. The van der Waals surface area contributed by atoms with Gasteiger partial charge in [-0.05, 0) is 18.9 Å². The number of thiazole rings is 1. The smallest absolute Gasteiger partial charge is 0.252 e. The van der Waals surface area contributed by atoms with Gasteiger partial charge in [0.15, 0.2) is 5.84 Å². The number of amides is 1. The Labute approximate surface area is 184 Å². The summed E-state index contributed by atoms with van der Waals surface area (Å²) in [5, 5.41) is 18.2. The third-order valence-corrected chi connectivity index (χ3v) is 6.71. The maximum Gasteiger partial charge on any atom is 0.252 e. The predicted molar refractivity (Wildman–Crippen MR) is 121 cm³/mol. The van der Waals surface area contributed by atoms with Gasteiger partial charge in [-0.15, -0.1) is 11.3 Å². The minimum absolute atomic E-state index is 0.0982. The molecule has 1 fully saturated rings. The van der Waals surface area contributed by atoms with E-state index in [9.17, 15) is 4.79 Å². The van der Waals surface area contributed by atoms with Gasteiger partial charge in [0.25, 0.3) is 5.91 Å². The van der Waals surface area contributed by atoms with Crippen molar-refractivity contribution in [2.75, 3.05) is 19.8 Å². The number of nitrogens with one attached hydrogen (secondary N) is 1. The van der Waals surface area contributed by atoms with Gasteiger partial charge >= 0.3 is 0 Å². The summed E-state index contributed by atoms with van der Waals surface area (Å²) >= 11 is 1.62. The van der Waals surface area contributed by atoms with E-state index in [1.54, 1.807) is 35.6 Å². The van der Waals surface area contributed by atoms with Crippen molar-refractivity contribution in [3.05, 3.63) is 76.1 Å². The van der Waals surface area contributed by atoms with Crippen molar-refractivity contribution in [3.63, 3.8) is 0 Å². The van der Waals surface area contributed by atoms with Crippen molar-refractivity contribution in [2.45, 2.75) is 18.3 Å². The Bertz CT molecular complexity index is 1080. The molecule has 1 amide bonds. The average Bonchev–Trinajstić information content (AvgIpc) is 3.34. The number of aromatic nitrogens is 1. The fourth-order valence-corrected chi connectivity index (χ4v) is 4.88. The minimum atomic E-state index is -0.294. The lowest BCUT2D eigenvalue weighted by molar-refractivity contribution is 0.0486. The number of rotatable bonds is 6. The molecule has 160 valence electrons. The van der Waals surface area contributed by atoms with Gasteiger partial charge in [0.05, 0.1) is 11.3 Å². The van der Waals surface area contributed by atoms with Gasteiger partial charge in [-0.3, -0.25) is 4.79 Å². The summed E-state index contributed by atoms with van der Waals surface area (Å²) in [4.78, 5) is 17.9. The number of hydrogen-bond acceptors (Lipinski definition) is 6. The molecule has 1 saturated heterocycles. The second-order valence-corrected chi connectivity index (χ2v) is 8.37. The molecule has 0 bridgehead atoms. The lowest BCUT2D eigenvalue weighted by atomic mass is 9.80. The third kappa shape index (κ3) is 4.45. The predicted octanol–water partition coefficient (Wildman–Crippen LogP) is 3.38. The number of hydrogen-bond donors (Lipinski definition) is 3. The Morgan fingerprint density at radius 2 is 1.81 bits per heavy atom. The van der Waals surface area contributed by atoms with Crippen LogP contribution in [-0.4, -0.2) is 41.7 Å². The third-order valence-electron chi connectivity index (χ3n) is 5.62. The van der Waals surface area contributed by atoms with Crippen LogP contribution in [-0.2, 0) is 10.2 Å². The zero-order valence-electron chi connectivity index (χ0n) is 17.0. The van der Waals surface area contributed by atoms with Crippen LogP contribution in [0.15, 0.2) is 65.1 Å². The van der Waals surface area contributed by atoms with E-state index in [1.165, 1.54) is 0 Å². The van der Waals surface area contributed by atoms with Gasteiger partial charge in [0.2, 0.25) is 0 Å². The lowest BCUT2D eigenvalue weighted by Crippen LogP contribution is -2.44. The monoisotopic (exact) mass is 436 g/mol. The molecule has 2 aromatic carbocycles. The van der Waals surface area contributed by atoms with E-state index in [0.717, 1.165) is 29.1 Å². The molecule has 7 nitrogen and oxygen atoms in total. The first-order valence-electron chi connectivity index (χ1n) is 10.1. The zero-order chi connectivity index (χ0) is 21.7. The van der Waals surface area contributed by atoms with Crippen molar-refractivity contribution >= 4 is 23.1 Å². The van der Waals surface area contributed by atoms with Gasteiger partial charge in [-0.25, -0.2) is 4.98 Å². The molecule has 2 heterocycles. The van der Waals surface area contributed by atoms with Crippen LogP contribution < -0.4 is 11.1 Å². The Hall–Kier alpha value is -3.23. The molecule has 3 aromatic rings. The molecule has 0 saturated carbocycles. The molecule has 0 spiro atoms. The molecule has 8 heteroatoms. The summed E-state index contributed by atoms with van der Waals surface area (Å²) in [5.74, 6) is -0.369. The van der Waals surface area contributed by atoms with Crippen LogP contribution in [0.1, 0.15) is 33.8 Å². The highest BCUT2D eigenvalue weighted by atomic mass is 32.1. The first kappa shape index (κ1) is 21.0. The Balaban J connectivity index is 1.57. The SMILES string of the molecule is N/C(=N/O)c1ccccc1C(=O)NCC1(c2nc(-c3ccccc3)cs2)CCOCC1. The molecule has 31 heavy (non-hydrogen) atoms. The lowest BCUT2D eigenvalue weighted by Gasteiger charge is -2.35. The van der Waals surface area contributed by atoms with Crippen molar-refractivity contribution < 1.29 is 14.7 Å². The average molecular weight is 437 g/mol. The molecular weight excluding hydrogens is 412 g/mol. The standard InChI is InChI=1S/C23H24N4O3S/c24-20(27-29)17-8-4-5-9-18(17)21(28)25-15-23(10-12-30-13-11-23)22-26-19(14-31-22)16-6-2-1-3-7-16/h1-9,14,29H,10-13,15H2,(H2,24,27)(H,25,28). The normalized spacial score (nSPS) is 16.1. The van der Waals surface area contributed by atoms with E-state index in [4.69, 9.17) is 20.7 Å². The zero-order valence-corrected chi connectivity index (χ0v) is 17.8. The number of nitrogens with zero attached hydrogens (tertiary/aromatic N) is 2. The fraction of sp³-hybridized carbons (Fsp3) is 0.261. The number of carbonyl (C=O) groups excluding carboxylic acids is 1. The molecule has 1 aromatic heterocycles. The molecule has 4 rings (SSSR count). The second kappa shape index (κ2) is 9.28. The molecule has 0 radical (unpaired) electrons. The number of nitrogens with two attached hydrogens (primary N) is 1. The van der Waals surface area contributed by atoms with Crippen LogP contribution in [0, 0.1) is 0 Å². The van der Waals surface area contributed by atoms with Crippen LogP contribution in [0.4, 0.5) is 0 Å². The summed E-state index contributed by atoms with van der Waals surface area (Å²) in [6.07, 6.45) is 1.55. The molecular formula is C23H24N4O3S. The van der Waals surface area contributed by atoms with Crippen molar-refractivity contribution in [1.29, 1.82) is 0 Å². The highest BCUT2D eigenvalue weighted by Crippen LogP contribution is 2.38. The molecule has 0 unspecified atom stereocenters. The van der Waals surface area contributed by atoms with Crippen LogP contribution in [0.5, 0.6) is 0 Å². The van der Waals surface area contributed by atoms with E-state index < -0.39 is 0 Å². The molecule has 1 aliphatic rings. The summed E-state index contributed by atoms with van der Waals surface area (Å²) in [6.45, 7) is 1.68. The number of carbonyl (C=O) groups is 1. The Morgan fingerprint density at radius 1 is 1.13 bits per heavy atom. The minimum Gasteiger partial charge on any atom is -0.409 e. The maximum atomic E-state index is 13.0. The number of amidine groups is 1. The number of oxime groups is 1. The van der Waals surface area contributed by atoms with E-state index in [1.807, 2.05) is 30.3 Å². The first-order chi connectivity index (χ1) is 15.1. The quantitative estimate of drug-likeness (QED) is 0.237. The summed E-state index contributed by atoms with van der Waals surface area (Å²) in [7, 11) is 0. The van der Waals surface area contributed by atoms with Gasteiger partial charge < -0.3 is 21.0 Å². The van der Waals surface area contributed by atoms with Gasteiger partial charge in [-0.1, -0.05) is 53.7 Å². The van der Waals surface area contributed by atoms with Crippen LogP contribution in [0.25, 0.3) is 11.3 Å². The maximum absolute atomic E-state index is 13.0. The summed E-state index contributed by atoms with van der Waals surface area (Å²) in [5.41, 5.74) is 8.22. The highest BCUT2D eigenvalue weighted by Gasteiger charge is 2.38. The second-order valence-electron chi connectivity index (χ2n) is 7.51. The Morgan fingerprint density at radius 3 is 2.52 bits per heavy atom. The highest BCUT2D eigenvalue weighted by molar-refractivity contribution is 7.10. The van der Waals surface area contributed by atoms with Gasteiger partial charge in [0, 0.05) is 41.7 Å². The largest absolute Gasteiger partial charge is 0.409 e. The van der Waals surface area contributed by atoms with Crippen LogP contribution in [0.2, 0.25) is 0 Å². The fourth-order valence-electron chi connectivity index (χ4n) is 3.79. The Kier molecular flexibility index (Phi) is 6.29. The van der Waals surface area contributed by atoms with Gasteiger partial charge in [0.1, 0.15) is 5.01 Å². The first-order valence-corrected chi connectivity index (χ1v) is 11.0. The van der Waals surface area contributed by atoms with Crippen LogP contribution >= 0.6 is 11.3 Å². The van der Waals surface area contributed by atoms with Crippen molar-refractivity contribution in [2.24, 2.45) is 10.9 Å². The van der Waals surface area contributed by atoms with Crippen molar-refractivity contribution in [1.82, 2.24) is 10.3 Å². The summed E-state index contributed by atoms with van der Waals surface area (Å²) < 4.78 is 5.60. The molecule has 1 aliphatic heterocycles. The van der Waals surface area contributed by atoms with E-state index in [0.29, 0.717) is 30.9 Å². The number of benzene rings is 2. The van der Waals surface area contributed by atoms with Crippen LogP contribution in [0.3, 0.4) is 0 Å². The number of ether oxygens (including phenoxy) is 1. The van der Waals surface area contributed by atoms with E-state index in [2.05, 4.69) is 15.9 Å². The van der Waals surface area contributed by atoms with E-state index >= 15 is 0 Å². The molecule has 0 aliphatic carbocycles. The van der Waals surface area contributed by atoms with Crippen molar-refractivity contribution in [3.8, 4) is 11.3 Å². The molecule has 4 N–H and O–H groups in total. The van der Waals surface area contributed by atoms with E-state index in [-0.39, 0.29) is 17.2 Å². The topological polar surface area (TPSA) is 110 Å². The molecule has 0 atom stereocenters.